The average molecular weight is 221 g/mol. The van der Waals surface area contributed by atoms with Crippen molar-refractivity contribution >= 4 is 0 Å². The van der Waals surface area contributed by atoms with Gasteiger partial charge < -0.3 is 15.2 Å². The largest absolute Gasteiger partial charge is 0.496 e. The predicted octanol–water partition coefficient (Wildman–Crippen LogP) is 1.35. The molecule has 1 aliphatic rings. The minimum atomic E-state index is -0.618. The zero-order chi connectivity index (χ0) is 11.4. The maximum absolute atomic E-state index is 10.4. The summed E-state index contributed by atoms with van der Waals surface area (Å²) in [5, 5.41) is 13.7. The summed E-state index contributed by atoms with van der Waals surface area (Å²) < 4.78 is 5.30. The first kappa shape index (κ1) is 11.4. The summed E-state index contributed by atoms with van der Waals surface area (Å²) >= 11 is 0. The molecule has 1 heterocycles. The van der Waals surface area contributed by atoms with E-state index >= 15 is 0 Å². The fourth-order valence-electron chi connectivity index (χ4n) is 2.31. The molecule has 3 heteroatoms. The molecule has 0 amide bonds. The van der Waals surface area contributed by atoms with Gasteiger partial charge in [-0.2, -0.15) is 0 Å². The molecule has 2 rings (SSSR count). The number of β-amino-alcohol motifs (C(OH)–C–C–N with tert-alkyl or cyclic N) is 1. The summed E-state index contributed by atoms with van der Waals surface area (Å²) in [6, 6.07) is 7.89. The average Bonchev–Trinajstić information content (AvgIpc) is 2.30. The molecule has 1 unspecified atom stereocenters. The van der Waals surface area contributed by atoms with Gasteiger partial charge in [-0.1, -0.05) is 18.2 Å². The van der Waals surface area contributed by atoms with Gasteiger partial charge in [-0.15, -0.1) is 0 Å². The molecule has 0 aliphatic carbocycles. The first-order valence-corrected chi connectivity index (χ1v) is 5.78. The smallest absolute Gasteiger partial charge is 0.122 e. The molecule has 0 spiro atoms. The van der Waals surface area contributed by atoms with Gasteiger partial charge in [-0.3, -0.25) is 0 Å². The van der Waals surface area contributed by atoms with E-state index in [1.165, 1.54) is 0 Å². The van der Waals surface area contributed by atoms with Gasteiger partial charge in [0.2, 0.25) is 0 Å². The van der Waals surface area contributed by atoms with E-state index < -0.39 is 5.60 Å². The Kier molecular flexibility index (Phi) is 3.46. The van der Waals surface area contributed by atoms with Crippen LogP contribution < -0.4 is 10.1 Å². The first-order valence-electron chi connectivity index (χ1n) is 5.78. The van der Waals surface area contributed by atoms with E-state index in [1.54, 1.807) is 7.11 Å². The molecule has 16 heavy (non-hydrogen) atoms. The van der Waals surface area contributed by atoms with Gasteiger partial charge in [0.25, 0.3) is 0 Å². The van der Waals surface area contributed by atoms with Crippen LogP contribution in [0.5, 0.6) is 5.75 Å². The third-order valence-corrected chi connectivity index (χ3v) is 3.16. The highest BCUT2D eigenvalue weighted by Gasteiger charge is 2.30. The van der Waals surface area contributed by atoms with Crippen molar-refractivity contribution < 1.29 is 9.84 Å². The third-order valence-electron chi connectivity index (χ3n) is 3.16. The van der Waals surface area contributed by atoms with E-state index in [2.05, 4.69) is 5.32 Å². The number of piperidine rings is 1. The van der Waals surface area contributed by atoms with Crippen molar-refractivity contribution in [3.05, 3.63) is 29.8 Å². The lowest BCUT2D eigenvalue weighted by molar-refractivity contribution is 0.0165. The number of benzene rings is 1. The highest BCUT2D eigenvalue weighted by Crippen LogP contribution is 2.26. The molecule has 2 N–H and O–H groups in total. The monoisotopic (exact) mass is 221 g/mol. The van der Waals surface area contributed by atoms with Crippen molar-refractivity contribution in [1.29, 1.82) is 0 Å². The van der Waals surface area contributed by atoms with Gasteiger partial charge in [-0.05, 0) is 31.0 Å². The van der Waals surface area contributed by atoms with Crippen LogP contribution in [0.4, 0.5) is 0 Å². The van der Waals surface area contributed by atoms with Crippen molar-refractivity contribution in [2.45, 2.75) is 24.9 Å². The van der Waals surface area contributed by atoms with Crippen LogP contribution in [-0.2, 0) is 6.42 Å². The van der Waals surface area contributed by atoms with Crippen molar-refractivity contribution in [3.63, 3.8) is 0 Å². The van der Waals surface area contributed by atoms with E-state index in [0.29, 0.717) is 13.0 Å². The van der Waals surface area contributed by atoms with E-state index in [-0.39, 0.29) is 0 Å². The summed E-state index contributed by atoms with van der Waals surface area (Å²) in [6.45, 7) is 1.68. The highest BCUT2D eigenvalue weighted by atomic mass is 16.5. The molecule has 88 valence electrons. The molecule has 1 fully saturated rings. The van der Waals surface area contributed by atoms with Crippen LogP contribution in [0.2, 0.25) is 0 Å². The second-order valence-electron chi connectivity index (χ2n) is 4.49. The van der Waals surface area contributed by atoms with Crippen LogP contribution in [0.25, 0.3) is 0 Å². The quantitative estimate of drug-likeness (QED) is 0.809. The van der Waals surface area contributed by atoms with E-state index in [0.717, 1.165) is 30.7 Å². The minimum Gasteiger partial charge on any atom is -0.496 e. The van der Waals surface area contributed by atoms with E-state index in [4.69, 9.17) is 4.74 Å². The predicted molar refractivity (Wildman–Crippen MR) is 63.8 cm³/mol. The zero-order valence-electron chi connectivity index (χ0n) is 9.70. The molecule has 1 aromatic carbocycles. The fourth-order valence-corrected chi connectivity index (χ4v) is 2.31. The number of methoxy groups -OCH3 is 1. The topological polar surface area (TPSA) is 41.5 Å². The molecule has 1 aliphatic heterocycles. The Morgan fingerprint density at radius 2 is 2.25 bits per heavy atom. The number of nitrogens with one attached hydrogen (secondary N) is 1. The summed E-state index contributed by atoms with van der Waals surface area (Å²) in [5.41, 5.74) is 0.462. The van der Waals surface area contributed by atoms with Crippen LogP contribution in [-0.4, -0.2) is 30.9 Å². The lowest BCUT2D eigenvalue weighted by Gasteiger charge is -2.33. The van der Waals surface area contributed by atoms with Crippen LogP contribution in [0, 0.1) is 0 Å². The zero-order valence-corrected chi connectivity index (χ0v) is 9.70. The molecule has 3 nitrogen and oxygen atoms in total. The summed E-state index contributed by atoms with van der Waals surface area (Å²) in [6.07, 6.45) is 2.55. The molecule has 0 saturated carbocycles. The van der Waals surface area contributed by atoms with Crippen LogP contribution in [0.1, 0.15) is 18.4 Å². The molecule has 1 saturated heterocycles. The van der Waals surface area contributed by atoms with Gasteiger partial charge in [0.1, 0.15) is 5.75 Å². The lowest BCUT2D eigenvalue weighted by Crippen LogP contribution is -2.47. The first-order chi connectivity index (χ1) is 7.73. The molecule has 0 radical (unpaired) electrons. The Morgan fingerprint density at radius 1 is 1.44 bits per heavy atom. The number of rotatable bonds is 3. The van der Waals surface area contributed by atoms with Gasteiger partial charge in [-0.25, -0.2) is 0 Å². The van der Waals surface area contributed by atoms with Gasteiger partial charge in [0.05, 0.1) is 12.7 Å². The molecule has 1 atom stereocenters. The number of para-hydroxylation sites is 1. The fraction of sp³-hybridized carbons (Fsp3) is 0.538. The Labute approximate surface area is 96.4 Å². The van der Waals surface area contributed by atoms with Crippen molar-refractivity contribution in [2.24, 2.45) is 0 Å². The van der Waals surface area contributed by atoms with Gasteiger partial charge in [0.15, 0.2) is 0 Å². The maximum atomic E-state index is 10.4. The SMILES string of the molecule is COc1ccccc1CC1(O)CCCNC1. The lowest BCUT2D eigenvalue weighted by atomic mass is 9.87. The third kappa shape index (κ3) is 2.54. The van der Waals surface area contributed by atoms with Crippen molar-refractivity contribution in [1.82, 2.24) is 5.32 Å². The number of ether oxygens (including phenoxy) is 1. The second-order valence-corrected chi connectivity index (χ2v) is 4.49. The number of aliphatic hydroxyl groups is 1. The van der Waals surface area contributed by atoms with E-state index in [1.807, 2.05) is 24.3 Å². The maximum Gasteiger partial charge on any atom is 0.122 e. The Balaban J connectivity index is 2.12. The number of hydrogen-bond donors (Lipinski definition) is 2. The summed E-state index contributed by atoms with van der Waals surface area (Å²) in [7, 11) is 1.67. The molecule has 1 aromatic rings. The Morgan fingerprint density at radius 3 is 2.94 bits per heavy atom. The molecular weight excluding hydrogens is 202 g/mol. The van der Waals surface area contributed by atoms with Gasteiger partial charge in [0, 0.05) is 13.0 Å². The standard InChI is InChI=1S/C13H19NO2/c1-16-12-6-3-2-5-11(12)9-13(15)7-4-8-14-10-13/h2-3,5-6,14-15H,4,7-10H2,1H3. The van der Waals surface area contributed by atoms with Crippen LogP contribution in [0.15, 0.2) is 24.3 Å². The van der Waals surface area contributed by atoms with Crippen LogP contribution >= 0.6 is 0 Å². The van der Waals surface area contributed by atoms with E-state index in [9.17, 15) is 5.11 Å². The van der Waals surface area contributed by atoms with Crippen LogP contribution in [0.3, 0.4) is 0 Å². The molecule has 0 bridgehead atoms. The summed E-state index contributed by atoms with van der Waals surface area (Å²) in [5.74, 6) is 0.862. The Hall–Kier alpha value is -1.06. The summed E-state index contributed by atoms with van der Waals surface area (Å²) in [4.78, 5) is 0. The molecule has 0 aromatic heterocycles. The normalized spacial score (nSPS) is 25.4. The minimum absolute atomic E-state index is 0.618. The van der Waals surface area contributed by atoms with Gasteiger partial charge >= 0.3 is 0 Å². The van der Waals surface area contributed by atoms with Crippen molar-refractivity contribution in [2.75, 3.05) is 20.2 Å². The Bertz CT molecular complexity index is 346. The highest BCUT2D eigenvalue weighted by molar-refractivity contribution is 5.34. The second kappa shape index (κ2) is 4.85. The number of hydrogen-bond acceptors (Lipinski definition) is 3. The van der Waals surface area contributed by atoms with Crippen molar-refractivity contribution in [3.8, 4) is 5.75 Å². The molecular formula is C13H19NO2.